The van der Waals surface area contributed by atoms with E-state index in [9.17, 15) is 14.4 Å². The van der Waals surface area contributed by atoms with Crippen molar-refractivity contribution in [3.63, 3.8) is 0 Å². The molecule has 0 bridgehead atoms. The Labute approximate surface area is 158 Å². The quantitative estimate of drug-likeness (QED) is 0.577. The molecule has 1 aliphatic carbocycles. The van der Waals surface area contributed by atoms with Crippen molar-refractivity contribution in [2.75, 3.05) is 13.7 Å². The van der Waals surface area contributed by atoms with Gasteiger partial charge in [0.15, 0.2) is 6.61 Å². The summed E-state index contributed by atoms with van der Waals surface area (Å²) in [6, 6.07) is 8.75. The zero-order valence-corrected chi connectivity index (χ0v) is 15.9. The van der Waals surface area contributed by atoms with Crippen LogP contribution in [0.2, 0.25) is 0 Å². The van der Waals surface area contributed by atoms with Gasteiger partial charge in [-0.25, -0.2) is 4.79 Å². The largest absolute Gasteiger partial charge is 0.465 e. The lowest BCUT2D eigenvalue weighted by molar-refractivity contribution is -0.144. The Balaban J connectivity index is 1.76. The van der Waals surface area contributed by atoms with Crippen LogP contribution >= 0.6 is 0 Å². The first-order valence-electron chi connectivity index (χ1n) is 8.91. The van der Waals surface area contributed by atoms with E-state index in [1.165, 1.54) is 7.11 Å². The number of carbonyl (C=O) groups excluding carboxylic acids is 3. The van der Waals surface area contributed by atoms with E-state index in [1.807, 2.05) is 25.3 Å². The van der Waals surface area contributed by atoms with Crippen molar-refractivity contribution >= 4 is 17.7 Å². The molecule has 2 atom stereocenters. The van der Waals surface area contributed by atoms with Crippen LogP contribution in [0.5, 0.6) is 0 Å². The van der Waals surface area contributed by atoms with Crippen LogP contribution in [-0.2, 0) is 14.3 Å². The summed E-state index contributed by atoms with van der Waals surface area (Å²) in [6.45, 7) is 5.50. The maximum atomic E-state index is 12.5. The molecule has 6 heteroatoms. The van der Waals surface area contributed by atoms with Crippen LogP contribution in [0.3, 0.4) is 0 Å². The summed E-state index contributed by atoms with van der Waals surface area (Å²) in [6.07, 6.45) is 0.836. The molecule has 2 aromatic rings. The zero-order chi connectivity index (χ0) is 19.7. The van der Waals surface area contributed by atoms with Gasteiger partial charge in [-0.1, -0.05) is 6.92 Å². The van der Waals surface area contributed by atoms with Gasteiger partial charge in [0.25, 0.3) is 0 Å². The highest BCUT2D eigenvalue weighted by molar-refractivity contribution is 5.99. The van der Waals surface area contributed by atoms with E-state index >= 15 is 0 Å². The first-order valence-corrected chi connectivity index (χ1v) is 8.91. The standard InChI is InChI=1S/C21H23NO5/c1-12-9-17(12)21(25)27-11-19(23)18-10-13(2)22(14(18)3)16-7-5-15(6-8-16)20(24)26-4/h5-8,10,12,17H,9,11H2,1-4H3/t12-,17-/m1/s1. The average molecular weight is 369 g/mol. The molecule has 0 N–H and O–H groups in total. The lowest BCUT2D eigenvalue weighted by Crippen LogP contribution is -2.16. The number of ether oxygens (including phenoxy) is 2. The fourth-order valence-corrected chi connectivity index (χ4v) is 3.28. The molecule has 1 heterocycles. The Morgan fingerprint density at radius 3 is 2.33 bits per heavy atom. The van der Waals surface area contributed by atoms with Crippen molar-refractivity contribution in [2.45, 2.75) is 27.2 Å². The Hall–Kier alpha value is -2.89. The van der Waals surface area contributed by atoms with E-state index in [0.29, 0.717) is 17.0 Å². The molecule has 0 aliphatic heterocycles. The van der Waals surface area contributed by atoms with Crippen molar-refractivity contribution in [3.05, 3.63) is 52.8 Å². The number of ketones is 1. The van der Waals surface area contributed by atoms with Gasteiger partial charge < -0.3 is 14.0 Å². The van der Waals surface area contributed by atoms with Crippen LogP contribution in [0.1, 0.15) is 45.4 Å². The molecule has 142 valence electrons. The average Bonchev–Trinajstić information content (AvgIpc) is 3.32. The van der Waals surface area contributed by atoms with Crippen LogP contribution in [0, 0.1) is 25.7 Å². The summed E-state index contributed by atoms with van der Waals surface area (Å²) in [4.78, 5) is 35.9. The lowest BCUT2D eigenvalue weighted by Gasteiger charge is -2.10. The highest BCUT2D eigenvalue weighted by Gasteiger charge is 2.40. The van der Waals surface area contributed by atoms with Crippen molar-refractivity contribution in [3.8, 4) is 5.69 Å². The summed E-state index contributed by atoms with van der Waals surface area (Å²) < 4.78 is 11.8. The first-order chi connectivity index (χ1) is 12.8. The van der Waals surface area contributed by atoms with E-state index in [4.69, 9.17) is 9.47 Å². The normalized spacial score (nSPS) is 18.1. The van der Waals surface area contributed by atoms with Crippen molar-refractivity contribution in [1.82, 2.24) is 4.57 Å². The van der Waals surface area contributed by atoms with E-state index in [1.54, 1.807) is 30.3 Å². The minimum atomic E-state index is -0.398. The third-order valence-corrected chi connectivity index (χ3v) is 5.04. The molecular formula is C21H23NO5. The summed E-state index contributed by atoms with van der Waals surface area (Å²) in [5, 5.41) is 0. The smallest absolute Gasteiger partial charge is 0.337 e. The first kappa shape index (κ1) is 18.9. The molecule has 1 aliphatic rings. The molecule has 6 nitrogen and oxygen atoms in total. The topological polar surface area (TPSA) is 74.6 Å². The molecule has 1 saturated carbocycles. The lowest BCUT2D eigenvalue weighted by atomic mass is 10.1. The van der Waals surface area contributed by atoms with Crippen LogP contribution in [0.25, 0.3) is 5.69 Å². The molecular weight excluding hydrogens is 346 g/mol. The van der Waals surface area contributed by atoms with Crippen LogP contribution in [-0.4, -0.2) is 36.0 Å². The van der Waals surface area contributed by atoms with Gasteiger partial charge in [-0.3, -0.25) is 9.59 Å². The van der Waals surface area contributed by atoms with Crippen LogP contribution < -0.4 is 0 Å². The van der Waals surface area contributed by atoms with Gasteiger partial charge in [0.05, 0.1) is 18.6 Å². The van der Waals surface area contributed by atoms with Crippen LogP contribution in [0.4, 0.5) is 0 Å². The highest BCUT2D eigenvalue weighted by Crippen LogP contribution is 2.38. The van der Waals surface area contributed by atoms with Gasteiger partial charge in [-0.05, 0) is 56.5 Å². The van der Waals surface area contributed by atoms with E-state index in [-0.39, 0.29) is 24.3 Å². The summed E-state index contributed by atoms with van der Waals surface area (Å²) in [5.74, 6) is -0.611. The Bertz CT molecular complexity index is 894. The number of hydrogen-bond donors (Lipinski definition) is 0. The maximum Gasteiger partial charge on any atom is 0.337 e. The second-order valence-corrected chi connectivity index (χ2v) is 7.01. The van der Waals surface area contributed by atoms with Crippen LogP contribution in [0.15, 0.2) is 30.3 Å². The zero-order valence-electron chi connectivity index (χ0n) is 15.9. The fourth-order valence-electron chi connectivity index (χ4n) is 3.28. The highest BCUT2D eigenvalue weighted by atomic mass is 16.5. The SMILES string of the molecule is COC(=O)c1ccc(-n2c(C)cc(C(=O)COC(=O)[C@@H]3C[C@H]3C)c2C)cc1. The maximum absolute atomic E-state index is 12.5. The second-order valence-electron chi connectivity index (χ2n) is 7.01. The van der Waals surface area contributed by atoms with Crippen molar-refractivity contribution < 1.29 is 23.9 Å². The van der Waals surface area contributed by atoms with Gasteiger partial charge in [0.2, 0.25) is 5.78 Å². The molecule has 0 radical (unpaired) electrons. The van der Waals surface area contributed by atoms with Gasteiger partial charge in [-0.2, -0.15) is 0 Å². The predicted octanol–water partition coefficient (Wildman–Crippen LogP) is 3.26. The van der Waals surface area contributed by atoms with Gasteiger partial charge in [0, 0.05) is 22.6 Å². The molecule has 0 amide bonds. The number of Topliss-reactive ketones (excluding diaryl/α,β-unsaturated/α-hetero) is 1. The Morgan fingerprint density at radius 2 is 1.78 bits per heavy atom. The van der Waals surface area contributed by atoms with E-state index < -0.39 is 5.97 Å². The molecule has 1 fully saturated rings. The number of carbonyl (C=O) groups is 3. The molecule has 0 saturated heterocycles. The number of nitrogens with zero attached hydrogens (tertiary/aromatic N) is 1. The van der Waals surface area contributed by atoms with E-state index in [0.717, 1.165) is 23.5 Å². The Kier molecular flexibility index (Phi) is 5.17. The number of esters is 2. The summed E-state index contributed by atoms with van der Waals surface area (Å²) >= 11 is 0. The number of hydrogen-bond acceptors (Lipinski definition) is 5. The Morgan fingerprint density at radius 1 is 1.15 bits per heavy atom. The summed E-state index contributed by atoms with van der Waals surface area (Å²) in [5.41, 5.74) is 3.46. The van der Waals surface area contributed by atoms with Crippen molar-refractivity contribution in [1.29, 1.82) is 0 Å². The number of rotatable bonds is 6. The van der Waals surface area contributed by atoms with E-state index in [2.05, 4.69) is 0 Å². The molecule has 1 aromatic carbocycles. The number of benzene rings is 1. The second kappa shape index (κ2) is 7.39. The minimum Gasteiger partial charge on any atom is -0.465 e. The minimum absolute atomic E-state index is 0.0569. The number of aromatic nitrogens is 1. The van der Waals surface area contributed by atoms with Gasteiger partial charge in [0.1, 0.15) is 0 Å². The monoisotopic (exact) mass is 369 g/mol. The number of methoxy groups -OCH3 is 1. The molecule has 3 rings (SSSR count). The third-order valence-electron chi connectivity index (χ3n) is 5.04. The van der Waals surface area contributed by atoms with Crippen molar-refractivity contribution in [2.24, 2.45) is 11.8 Å². The van der Waals surface area contributed by atoms with Gasteiger partial charge >= 0.3 is 11.9 Å². The van der Waals surface area contributed by atoms with Gasteiger partial charge in [-0.15, -0.1) is 0 Å². The molecule has 27 heavy (non-hydrogen) atoms. The fraction of sp³-hybridized carbons (Fsp3) is 0.381. The molecule has 0 spiro atoms. The molecule has 0 unspecified atom stereocenters. The molecule has 1 aromatic heterocycles. The third kappa shape index (κ3) is 3.79. The summed E-state index contributed by atoms with van der Waals surface area (Å²) in [7, 11) is 1.34. The predicted molar refractivity (Wildman–Crippen MR) is 99.1 cm³/mol. The number of aryl methyl sites for hydroxylation is 1.